The van der Waals surface area contributed by atoms with Crippen molar-refractivity contribution in [3.8, 4) is 0 Å². The van der Waals surface area contributed by atoms with Gasteiger partial charge < -0.3 is 9.64 Å². The Hall–Kier alpha value is -2.97. The SMILES string of the molecule is COC(=O)C(=O)N(Cc1ccc(C(F)(F)F)cn1)C(C)c1cccnc1. The van der Waals surface area contributed by atoms with E-state index in [4.69, 9.17) is 0 Å². The number of rotatable bonds is 4. The van der Waals surface area contributed by atoms with Crippen molar-refractivity contribution in [2.24, 2.45) is 0 Å². The van der Waals surface area contributed by atoms with Gasteiger partial charge in [0.25, 0.3) is 0 Å². The number of esters is 1. The minimum absolute atomic E-state index is 0.165. The second-order valence-electron chi connectivity index (χ2n) is 5.42. The lowest BCUT2D eigenvalue weighted by Gasteiger charge is -2.28. The van der Waals surface area contributed by atoms with E-state index in [1.54, 1.807) is 25.3 Å². The molecule has 0 aliphatic carbocycles. The van der Waals surface area contributed by atoms with Gasteiger partial charge in [-0.05, 0) is 30.7 Å². The Balaban J connectivity index is 2.29. The van der Waals surface area contributed by atoms with E-state index in [0.29, 0.717) is 11.8 Å². The van der Waals surface area contributed by atoms with Crippen LogP contribution in [-0.2, 0) is 27.0 Å². The minimum Gasteiger partial charge on any atom is -0.462 e. The topological polar surface area (TPSA) is 72.4 Å². The number of pyridine rings is 2. The quantitative estimate of drug-likeness (QED) is 0.614. The number of hydrogen-bond donors (Lipinski definition) is 0. The van der Waals surface area contributed by atoms with Gasteiger partial charge in [0.15, 0.2) is 0 Å². The van der Waals surface area contributed by atoms with Crippen LogP contribution < -0.4 is 0 Å². The number of amides is 1. The van der Waals surface area contributed by atoms with Crippen molar-refractivity contribution in [3.63, 3.8) is 0 Å². The molecule has 0 aliphatic heterocycles. The molecule has 1 unspecified atom stereocenters. The van der Waals surface area contributed by atoms with Crippen molar-refractivity contribution in [3.05, 3.63) is 59.7 Å². The number of nitrogens with zero attached hydrogens (tertiary/aromatic N) is 3. The largest absolute Gasteiger partial charge is 0.462 e. The highest BCUT2D eigenvalue weighted by Crippen LogP contribution is 2.29. The molecule has 0 N–H and O–H groups in total. The number of ether oxygens (including phenoxy) is 1. The third kappa shape index (κ3) is 4.56. The lowest BCUT2D eigenvalue weighted by Crippen LogP contribution is -2.38. The molecular formula is C17H16F3N3O3. The molecule has 0 aliphatic rings. The van der Waals surface area contributed by atoms with Crippen LogP contribution in [0.25, 0.3) is 0 Å². The van der Waals surface area contributed by atoms with Crippen LogP contribution in [0, 0.1) is 0 Å². The summed E-state index contributed by atoms with van der Waals surface area (Å²) in [7, 11) is 1.07. The Morgan fingerprint density at radius 1 is 1.23 bits per heavy atom. The summed E-state index contributed by atoms with van der Waals surface area (Å²) in [4.78, 5) is 32.9. The molecular weight excluding hydrogens is 351 g/mol. The van der Waals surface area contributed by atoms with E-state index in [1.165, 1.54) is 11.1 Å². The van der Waals surface area contributed by atoms with Gasteiger partial charge in [-0.15, -0.1) is 0 Å². The van der Waals surface area contributed by atoms with Crippen molar-refractivity contribution in [2.45, 2.75) is 25.7 Å². The van der Waals surface area contributed by atoms with Crippen molar-refractivity contribution in [1.29, 1.82) is 0 Å². The first-order valence-corrected chi connectivity index (χ1v) is 7.55. The molecule has 0 saturated carbocycles. The summed E-state index contributed by atoms with van der Waals surface area (Å²) in [6, 6.07) is 4.85. The molecule has 2 aromatic heterocycles. The molecule has 0 radical (unpaired) electrons. The molecule has 138 valence electrons. The van der Waals surface area contributed by atoms with Crippen LogP contribution in [0.4, 0.5) is 13.2 Å². The summed E-state index contributed by atoms with van der Waals surface area (Å²) < 4.78 is 42.4. The van der Waals surface area contributed by atoms with Gasteiger partial charge in [0, 0.05) is 18.6 Å². The summed E-state index contributed by atoms with van der Waals surface area (Å²) in [5.74, 6) is -2.00. The molecule has 1 amide bonds. The standard InChI is InChI=1S/C17H16F3N3O3/c1-11(12-4-3-7-21-8-12)23(15(24)16(25)26-2)10-14-6-5-13(9-22-14)17(18,19)20/h3-9,11H,10H2,1-2H3. The van der Waals surface area contributed by atoms with Gasteiger partial charge in [-0.1, -0.05) is 6.07 Å². The first-order chi connectivity index (χ1) is 12.2. The lowest BCUT2D eigenvalue weighted by molar-refractivity contribution is -0.159. The molecule has 2 heterocycles. The number of alkyl halides is 3. The Morgan fingerprint density at radius 2 is 1.96 bits per heavy atom. The zero-order valence-electron chi connectivity index (χ0n) is 14.0. The fourth-order valence-electron chi connectivity index (χ4n) is 2.25. The van der Waals surface area contributed by atoms with Gasteiger partial charge >= 0.3 is 18.1 Å². The molecule has 1 atom stereocenters. The van der Waals surface area contributed by atoms with Crippen LogP contribution in [0.5, 0.6) is 0 Å². The van der Waals surface area contributed by atoms with E-state index in [0.717, 1.165) is 19.2 Å². The Bertz CT molecular complexity index is 764. The van der Waals surface area contributed by atoms with Crippen molar-refractivity contribution >= 4 is 11.9 Å². The fourth-order valence-corrected chi connectivity index (χ4v) is 2.25. The maximum atomic E-state index is 12.6. The molecule has 0 fully saturated rings. The number of methoxy groups -OCH3 is 1. The molecule has 0 spiro atoms. The van der Waals surface area contributed by atoms with Crippen LogP contribution in [0.2, 0.25) is 0 Å². The number of halogens is 3. The molecule has 0 saturated heterocycles. The Morgan fingerprint density at radius 3 is 2.46 bits per heavy atom. The number of carbonyl (C=O) groups is 2. The zero-order chi connectivity index (χ0) is 19.3. The molecule has 6 nitrogen and oxygen atoms in total. The predicted molar refractivity (Wildman–Crippen MR) is 84.5 cm³/mol. The van der Waals surface area contributed by atoms with Gasteiger partial charge in [-0.25, -0.2) is 4.79 Å². The smallest absolute Gasteiger partial charge is 0.417 e. The summed E-state index contributed by atoms with van der Waals surface area (Å²) in [5, 5.41) is 0. The highest BCUT2D eigenvalue weighted by molar-refractivity contribution is 6.32. The van der Waals surface area contributed by atoms with Gasteiger partial charge in [0.2, 0.25) is 0 Å². The first-order valence-electron chi connectivity index (χ1n) is 7.55. The van der Waals surface area contributed by atoms with Crippen LogP contribution >= 0.6 is 0 Å². The van der Waals surface area contributed by atoms with Crippen molar-refractivity contribution in [2.75, 3.05) is 7.11 Å². The third-order valence-electron chi connectivity index (χ3n) is 3.74. The van der Waals surface area contributed by atoms with E-state index in [-0.39, 0.29) is 12.2 Å². The van der Waals surface area contributed by atoms with Gasteiger partial charge in [0.05, 0.1) is 31.0 Å². The third-order valence-corrected chi connectivity index (χ3v) is 3.74. The van der Waals surface area contributed by atoms with Crippen LogP contribution in [-0.4, -0.2) is 33.9 Å². The number of aromatic nitrogens is 2. The van der Waals surface area contributed by atoms with Crippen LogP contribution in [0.3, 0.4) is 0 Å². The summed E-state index contributed by atoms with van der Waals surface area (Å²) >= 11 is 0. The second kappa shape index (κ2) is 7.94. The maximum Gasteiger partial charge on any atom is 0.417 e. The summed E-state index contributed by atoms with van der Waals surface area (Å²) in [5.41, 5.74) is -0.0462. The van der Waals surface area contributed by atoms with Crippen LogP contribution in [0.1, 0.15) is 29.8 Å². The highest BCUT2D eigenvalue weighted by Gasteiger charge is 2.32. The number of carbonyl (C=O) groups excluding carboxylic acids is 2. The maximum absolute atomic E-state index is 12.6. The molecule has 26 heavy (non-hydrogen) atoms. The van der Waals surface area contributed by atoms with E-state index in [2.05, 4.69) is 14.7 Å². The van der Waals surface area contributed by atoms with Crippen LogP contribution in [0.15, 0.2) is 42.9 Å². The highest BCUT2D eigenvalue weighted by atomic mass is 19.4. The van der Waals surface area contributed by atoms with E-state index >= 15 is 0 Å². The lowest BCUT2D eigenvalue weighted by atomic mass is 10.1. The van der Waals surface area contributed by atoms with E-state index in [9.17, 15) is 22.8 Å². The Kier molecular flexibility index (Phi) is 5.91. The normalized spacial score (nSPS) is 12.3. The monoisotopic (exact) mass is 367 g/mol. The average molecular weight is 367 g/mol. The number of hydrogen-bond acceptors (Lipinski definition) is 5. The Labute approximate surface area is 147 Å². The molecule has 0 bridgehead atoms. The summed E-state index contributed by atoms with van der Waals surface area (Å²) in [6.45, 7) is 1.50. The second-order valence-corrected chi connectivity index (χ2v) is 5.42. The summed E-state index contributed by atoms with van der Waals surface area (Å²) in [6.07, 6.45) is -0.733. The molecule has 2 aromatic rings. The zero-order valence-corrected chi connectivity index (χ0v) is 14.0. The average Bonchev–Trinajstić information content (AvgIpc) is 2.64. The fraction of sp³-hybridized carbons (Fsp3) is 0.294. The van der Waals surface area contributed by atoms with Gasteiger partial charge in [0.1, 0.15) is 0 Å². The molecule has 2 rings (SSSR count). The van der Waals surface area contributed by atoms with E-state index < -0.39 is 29.7 Å². The molecule has 9 heteroatoms. The first kappa shape index (κ1) is 19.4. The molecule has 0 aromatic carbocycles. The van der Waals surface area contributed by atoms with Crippen molar-refractivity contribution in [1.82, 2.24) is 14.9 Å². The predicted octanol–water partition coefficient (Wildman–Crippen LogP) is 2.76. The van der Waals surface area contributed by atoms with Gasteiger partial charge in [-0.2, -0.15) is 13.2 Å². The minimum atomic E-state index is -4.50. The van der Waals surface area contributed by atoms with Gasteiger partial charge in [-0.3, -0.25) is 14.8 Å². The van der Waals surface area contributed by atoms with Crippen molar-refractivity contribution < 1.29 is 27.5 Å². The van der Waals surface area contributed by atoms with E-state index in [1.807, 2.05) is 0 Å².